The zero-order chi connectivity index (χ0) is 19.9. The number of nitrogens with two attached hydrogens (primary N) is 1. The largest absolute Gasteiger partial charge is 0.434 e. The molecule has 6 nitrogen and oxygen atoms in total. The Kier molecular flexibility index (Phi) is 4.49. The van der Waals surface area contributed by atoms with Crippen LogP contribution < -0.4 is 10.6 Å². The molecule has 0 bridgehead atoms. The van der Waals surface area contributed by atoms with E-state index in [1.54, 1.807) is 23.0 Å². The first-order valence-corrected chi connectivity index (χ1v) is 9.12. The first-order chi connectivity index (χ1) is 13.3. The minimum Gasteiger partial charge on any atom is -0.355 e. The van der Waals surface area contributed by atoms with Crippen LogP contribution in [0.1, 0.15) is 25.5 Å². The molecule has 0 aliphatic carbocycles. The van der Waals surface area contributed by atoms with Crippen molar-refractivity contribution < 1.29 is 13.2 Å². The van der Waals surface area contributed by atoms with Crippen LogP contribution in [0.2, 0.25) is 0 Å². The molecule has 148 valence electrons. The van der Waals surface area contributed by atoms with E-state index in [1.165, 1.54) is 12.1 Å². The molecule has 1 saturated heterocycles. The molecule has 0 spiro atoms. The van der Waals surface area contributed by atoms with Crippen molar-refractivity contribution in [1.82, 2.24) is 19.4 Å². The van der Waals surface area contributed by atoms with Gasteiger partial charge in [-0.2, -0.15) is 13.2 Å². The van der Waals surface area contributed by atoms with Gasteiger partial charge in [0.05, 0.1) is 6.20 Å². The van der Waals surface area contributed by atoms with Crippen LogP contribution >= 0.6 is 0 Å². The van der Waals surface area contributed by atoms with Gasteiger partial charge in [-0.3, -0.25) is 9.38 Å². The van der Waals surface area contributed by atoms with Crippen LogP contribution in [0.15, 0.2) is 36.9 Å². The molecule has 3 aromatic heterocycles. The minimum absolute atomic E-state index is 0.0542. The fourth-order valence-electron chi connectivity index (χ4n) is 3.63. The number of pyridine rings is 1. The molecule has 0 radical (unpaired) electrons. The molecular weight excluding hydrogens is 369 g/mol. The van der Waals surface area contributed by atoms with E-state index >= 15 is 0 Å². The Labute approximate surface area is 160 Å². The van der Waals surface area contributed by atoms with Gasteiger partial charge >= 0.3 is 6.18 Å². The van der Waals surface area contributed by atoms with E-state index in [-0.39, 0.29) is 16.8 Å². The highest BCUT2D eigenvalue weighted by molar-refractivity contribution is 5.73. The molecule has 9 heteroatoms. The number of halogens is 3. The van der Waals surface area contributed by atoms with Crippen LogP contribution in [0.3, 0.4) is 0 Å². The number of alkyl halides is 3. The molecular formula is C19H21F3N6. The molecule has 2 N–H and O–H groups in total. The second-order valence-electron chi connectivity index (χ2n) is 7.49. The molecule has 3 aromatic rings. The van der Waals surface area contributed by atoms with Crippen molar-refractivity contribution in [1.29, 1.82) is 0 Å². The SMILES string of the molecule is CC1(CN)CCN(c2nccn3c(-c4cccnc4C(F)(F)F)ncc23)CC1. The number of anilines is 1. The van der Waals surface area contributed by atoms with Crippen LogP contribution in [-0.2, 0) is 6.18 Å². The average Bonchev–Trinajstić information content (AvgIpc) is 3.12. The van der Waals surface area contributed by atoms with Crippen LogP contribution in [0.25, 0.3) is 16.9 Å². The summed E-state index contributed by atoms with van der Waals surface area (Å²) in [5.41, 5.74) is 5.67. The highest BCUT2D eigenvalue weighted by Crippen LogP contribution is 2.37. The predicted molar refractivity (Wildman–Crippen MR) is 99.8 cm³/mol. The zero-order valence-electron chi connectivity index (χ0n) is 15.4. The summed E-state index contributed by atoms with van der Waals surface area (Å²) in [5.74, 6) is 0.917. The third-order valence-electron chi connectivity index (χ3n) is 5.52. The number of imidazole rings is 1. The molecule has 0 amide bonds. The average molecular weight is 390 g/mol. The molecule has 28 heavy (non-hydrogen) atoms. The highest BCUT2D eigenvalue weighted by atomic mass is 19.4. The van der Waals surface area contributed by atoms with Crippen LogP contribution in [0.4, 0.5) is 19.0 Å². The van der Waals surface area contributed by atoms with E-state index in [0.29, 0.717) is 12.1 Å². The van der Waals surface area contributed by atoms with Gasteiger partial charge in [0, 0.05) is 37.2 Å². The summed E-state index contributed by atoms with van der Waals surface area (Å²) in [6.07, 6.45) is 3.24. The van der Waals surface area contributed by atoms with E-state index in [0.717, 1.165) is 37.9 Å². The van der Waals surface area contributed by atoms with Gasteiger partial charge in [0.2, 0.25) is 0 Å². The lowest BCUT2D eigenvalue weighted by Gasteiger charge is -2.39. The quantitative estimate of drug-likeness (QED) is 0.742. The maximum atomic E-state index is 13.4. The third-order valence-corrected chi connectivity index (χ3v) is 5.52. The summed E-state index contributed by atoms with van der Waals surface area (Å²) in [5, 5.41) is 0. The maximum absolute atomic E-state index is 13.4. The van der Waals surface area contributed by atoms with Crippen molar-refractivity contribution in [3.05, 3.63) is 42.6 Å². The highest BCUT2D eigenvalue weighted by Gasteiger charge is 2.36. The summed E-state index contributed by atoms with van der Waals surface area (Å²) in [4.78, 5) is 14.4. The molecule has 1 aliphatic heterocycles. The van der Waals surface area contributed by atoms with Crippen molar-refractivity contribution in [2.45, 2.75) is 25.9 Å². The minimum atomic E-state index is -4.56. The first kappa shape index (κ1) is 18.7. The summed E-state index contributed by atoms with van der Waals surface area (Å²) in [6, 6.07) is 2.87. The summed E-state index contributed by atoms with van der Waals surface area (Å²) in [6.45, 7) is 4.40. The fraction of sp³-hybridized carbons (Fsp3) is 0.421. The zero-order valence-corrected chi connectivity index (χ0v) is 15.4. The lowest BCUT2D eigenvalue weighted by Crippen LogP contribution is -2.42. The molecule has 1 aliphatic rings. The molecule has 0 unspecified atom stereocenters. The van der Waals surface area contributed by atoms with Crippen molar-refractivity contribution >= 4 is 11.3 Å². The number of piperidine rings is 1. The van der Waals surface area contributed by atoms with Crippen molar-refractivity contribution in [3.63, 3.8) is 0 Å². The number of fused-ring (bicyclic) bond motifs is 1. The summed E-state index contributed by atoms with van der Waals surface area (Å²) >= 11 is 0. The second-order valence-corrected chi connectivity index (χ2v) is 7.49. The van der Waals surface area contributed by atoms with Crippen LogP contribution in [0.5, 0.6) is 0 Å². The van der Waals surface area contributed by atoms with Gasteiger partial charge in [0.1, 0.15) is 11.3 Å². The Morgan fingerprint density at radius 1 is 1.14 bits per heavy atom. The van der Waals surface area contributed by atoms with Gasteiger partial charge in [-0.1, -0.05) is 6.92 Å². The van der Waals surface area contributed by atoms with Crippen LogP contribution in [0, 0.1) is 5.41 Å². The topological polar surface area (TPSA) is 72.3 Å². The molecule has 0 aromatic carbocycles. The van der Waals surface area contributed by atoms with E-state index in [9.17, 15) is 13.2 Å². The van der Waals surface area contributed by atoms with Crippen molar-refractivity contribution in [2.24, 2.45) is 11.1 Å². The molecule has 1 fully saturated rings. The smallest absolute Gasteiger partial charge is 0.355 e. The van der Waals surface area contributed by atoms with E-state index < -0.39 is 11.9 Å². The van der Waals surface area contributed by atoms with Gasteiger partial charge in [-0.25, -0.2) is 9.97 Å². The van der Waals surface area contributed by atoms with Gasteiger partial charge in [-0.05, 0) is 36.9 Å². The Bertz CT molecular complexity index is 989. The standard InChI is InChI=1S/C19H21F3N6/c1-18(12-23)4-8-27(9-5-18)17-14-11-26-16(28(14)10-7-25-17)13-3-2-6-24-15(13)19(20,21)22/h2-3,6-7,10-11H,4-5,8-9,12,23H2,1H3. The molecule has 0 atom stereocenters. The van der Waals surface area contributed by atoms with Crippen LogP contribution in [-0.4, -0.2) is 39.0 Å². The Balaban J connectivity index is 1.75. The molecule has 4 rings (SSSR count). The Morgan fingerprint density at radius 2 is 1.89 bits per heavy atom. The number of rotatable bonds is 3. The number of aromatic nitrogens is 4. The van der Waals surface area contributed by atoms with Gasteiger partial charge < -0.3 is 10.6 Å². The summed E-state index contributed by atoms with van der Waals surface area (Å²) in [7, 11) is 0. The monoisotopic (exact) mass is 390 g/mol. The number of hydrogen-bond acceptors (Lipinski definition) is 5. The predicted octanol–water partition coefficient (Wildman–Crippen LogP) is 3.38. The van der Waals surface area contributed by atoms with E-state index in [4.69, 9.17) is 5.73 Å². The van der Waals surface area contributed by atoms with Gasteiger partial charge in [-0.15, -0.1) is 0 Å². The molecule has 0 saturated carbocycles. The Hall–Kier alpha value is -2.68. The second kappa shape index (κ2) is 6.73. The lowest BCUT2D eigenvalue weighted by atomic mass is 9.80. The van der Waals surface area contributed by atoms with Gasteiger partial charge in [0.15, 0.2) is 11.5 Å². The third kappa shape index (κ3) is 3.19. The van der Waals surface area contributed by atoms with Crippen molar-refractivity contribution in [2.75, 3.05) is 24.5 Å². The van der Waals surface area contributed by atoms with Crippen molar-refractivity contribution in [3.8, 4) is 11.4 Å². The summed E-state index contributed by atoms with van der Waals surface area (Å²) < 4.78 is 41.8. The normalized spacial score (nSPS) is 17.2. The lowest BCUT2D eigenvalue weighted by molar-refractivity contribution is -0.140. The number of hydrogen-bond donors (Lipinski definition) is 1. The molecule has 4 heterocycles. The number of nitrogens with zero attached hydrogens (tertiary/aromatic N) is 5. The Morgan fingerprint density at radius 3 is 2.57 bits per heavy atom. The first-order valence-electron chi connectivity index (χ1n) is 9.12. The fourth-order valence-corrected chi connectivity index (χ4v) is 3.63. The van der Waals surface area contributed by atoms with E-state index in [1.807, 2.05) is 0 Å². The van der Waals surface area contributed by atoms with E-state index in [2.05, 4.69) is 26.8 Å². The van der Waals surface area contributed by atoms with Gasteiger partial charge in [0.25, 0.3) is 0 Å². The maximum Gasteiger partial charge on any atom is 0.434 e.